The van der Waals surface area contributed by atoms with E-state index in [2.05, 4.69) is 10.2 Å². The van der Waals surface area contributed by atoms with Crippen LogP contribution < -0.4 is 0 Å². The summed E-state index contributed by atoms with van der Waals surface area (Å²) in [6, 6.07) is 0.0804. The number of aromatic amines is 1. The van der Waals surface area contributed by atoms with E-state index in [0.29, 0.717) is 17.1 Å². The van der Waals surface area contributed by atoms with Crippen molar-refractivity contribution in [2.75, 3.05) is 6.54 Å². The van der Waals surface area contributed by atoms with E-state index in [1.54, 1.807) is 11.2 Å². The number of aryl methyl sites for hydroxylation is 1. The molecule has 0 spiro atoms. The highest BCUT2D eigenvalue weighted by Gasteiger charge is 2.31. The van der Waals surface area contributed by atoms with Gasteiger partial charge in [-0.15, -0.1) is 0 Å². The van der Waals surface area contributed by atoms with Crippen molar-refractivity contribution in [2.45, 2.75) is 50.5 Å². The summed E-state index contributed by atoms with van der Waals surface area (Å²) in [6.45, 7) is 4.34. The molecule has 0 bridgehead atoms. The van der Waals surface area contributed by atoms with E-state index < -0.39 is 10.0 Å². The van der Waals surface area contributed by atoms with Crippen molar-refractivity contribution >= 4 is 10.0 Å². The molecule has 0 saturated carbocycles. The van der Waals surface area contributed by atoms with Gasteiger partial charge in [-0.05, 0) is 26.7 Å². The molecule has 17 heavy (non-hydrogen) atoms. The molecule has 1 aromatic heterocycles. The molecule has 2 heterocycles. The van der Waals surface area contributed by atoms with Crippen LogP contribution in [0.2, 0.25) is 0 Å². The number of aromatic nitrogens is 2. The Kier molecular flexibility index (Phi) is 3.53. The predicted octanol–water partition coefficient (Wildman–Crippen LogP) is 1.67. The van der Waals surface area contributed by atoms with Gasteiger partial charge >= 0.3 is 0 Å². The van der Waals surface area contributed by atoms with Crippen molar-refractivity contribution in [3.05, 3.63) is 11.9 Å². The normalized spacial score (nSPS) is 23.5. The van der Waals surface area contributed by atoms with E-state index in [4.69, 9.17) is 0 Å². The molecule has 1 saturated heterocycles. The Labute approximate surface area is 102 Å². The molecule has 0 aromatic carbocycles. The first-order valence-electron chi connectivity index (χ1n) is 6.05. The SMILES string of the molecule is Cc1[nH]ncc1S(=O)(=O)N1CCCCCC1C. The summed E-state index contributed by atoms with van der Waals surface area (Å²) in [7, 11) is -3.38. The molecular formula is C11H19N3O2S. The van der Waals surface area contributed by atoms with Crippen LogP contribution in [0.25, 0.3) is 0 Å². The van der Waals surface area contributed by atoms with Crippen LogP contribution in [0.1, 0.15) is 38.3 Å². The zero-order valence-electron chi connectivity index (χ0n) is 10.3. The largest absolute Gasteiger partial charge is 0.281 e. The molecule has 1 aliphatic rings. The van der Waals surface area contributed by atoms with Crippen molar-refractivity contribution in [3.8, 4) is 0 Å². The van der Waals surface area contributed by atoms with Crippen LogP contribution in [0.15, 0.2) is 11.1 Å². The summed E-state index contributed by atoms with van der Waals surface area (Å²) in [5, 5.41) is 6.49. The fraction of sp³-hybridized carbons (Fsp3) is 0.727. The van der Waals surface area contributed by atoms with Crippen LogP contribution in [0, 0.1) is 6.92 Å². The van der Waals surface area contributed by atoms with E-state index in [1.807, 2.05) is 6.92 Å². The zero-order valence-corrected chi connectivity index (χ0v) is 11.1. The molecule has 1 fully saturated rings. The van der Waals surface area contributed by atoms with Crippen LogP contribution in [-0.2, 0) is 10.0 Å². The number of hydrogen-bond donors (Lipinski definition) is 1. The first kappa shape index (κ1) is 12.6. The van der Waals surface area contributed by atoms with Gasteiger partial charge in [0.05, 0.1) is 11.9 Å². The molecular weight excluding hydrogens is 238 g/mol. The topological polar surface area (TPSA) is 66.1 Å². The lowest BCUT2D eigenvalue weighted by molar-refractivity contribution is 0.342. The summed E-state index contributed by atoms with van der Waals surface area (Å²) < 4.78 is 26.6. The van der Waals surface area contributed by atoms with Crippen LogP contribution in [-0.4, -0.2) is 35.5 Å². The molecule has 1 unspecified atom stereocenters. The smallest absolute Gasteiger partial charge is 0.246 e. The van der Waals surface area contributed by atoms with E-state index in [-0.39, 0.29) is 6.04 Å². The minimum absolute atomic E-state index is 0.0804. The van der Waals surface area contributed by atoms with Crippen molar-refractivity contribution in [2.24, 2.45) is 0 Å². The molecule has 6 heteroatoms. The molecule has 5 nitrogen and oxygen atoms in total. The standard InChI is InChI=1S/C11H19N3O2S/c1-9-6-4-3-5-7-14(9)17(15,16)11-8-12-13-10(11)2/h8-9H,3-7H2,1-2H3,(H,12,13). The molecule has 1 aliphatic heterocycles. The lowest BCUT2D eigenvalue weighted by Gasteiger charge is -2.25. The van der Waals surface area contributed by atoms with E-state index in [9.17, 15) is 8.42 Å². The predicted molar refractivity (Wildman–Crippen MR) is 65.1 cm³/mol. The van der Waals surface area contributed by atoms with Crippen LogP contribution in [0.4, 0.5) is 0 Å². The lowest BCUT2D eigenvalue weighted by Crippen LogP contribution is -2.38. The molecule has 1 atom stereocenters. The second kappa shape index (κ2) is 4.78. The first-order chi connectivity index (χ1) is 8.03. The Morgan fingerprint density at radius 1 is 1.41 bits per heavy atom. The van der Waals surface area contributed by atoms with Gasteiger partial charge in [0, 0.05) is 12.6 Å². The Bertz CT molecular complexity index is 481. The van der Waals surface area contributed by atoms with E-state index >= 15 is 0 Å². The summed E-state index contributed by atoms with van der Waals surface area (Å²) >= 11 is 0. The van der Waals surface area contributed by atoms with Gasteiger partial charge in [0.25, 0.3) is 0 Å². The third-order valence-electron chi connectivity index (χ3n) is 3.36. The second-order valence-electron chi connectivity index (χ2n) is 4.67. The number of H-pyrrole nitrogens is 1. The Hall–Kier alpha value is -0.880. The zero-order chi connectivity index (χ0) is 12.5. The van der Waals surface area contributed by atoms with Crippen LogP contribution >= 0.6 is 0 Å². The minimum Gasteiger partial charge on any atom is -0.281 e. The van der Waals surface area contributed by atoms with Crippen LogP contribution in [0.3, 0.4) is 0 Å². The maximum Gasteiger partial charge on any atom is 0.246 e. The maximum atomic E-state index is 12.5. The highest BCUT2D eigenvalue weighted by atomic mass is 32.2. The monoisotopic (exact) mass is 257 g/mol. The fourth-order valence-corrected chi connectivity index (χ4v) is 4.15. The van der Waals surface area contributed by atoms with Gasteiger partial charge in [0.1, 0.15) is 4.90 Å². The quantitative estimate of drug-likeness (QED) is 0.876. The summed E-state index contributed by atoms with van der Waals surface area (Å²) in [5.41, 5.74) is 0.612. The third kappa shape index (κ3) is 2.37. The highest BCUT2D eigenvalue weighted by Crippen LogP contribution is 2.25. The van der Waals surface area contributed by atoms with Crippen molar-refractivity contribution in [1.29, 1.82) is 0 Å². The van der Waals surface area contributed by atoms with Crippen molar-refractivity contribution < 1.29 is 8.42 Å². The lowest BCUT2D eigenvalue weighted by atomic mass is 10.1. The summed E-state index contributed by atoms with van der Waals surface area (Å²) in [6.07, 6.45) is 5.51. The molecule has 2 rings (SSSR count). The number of nitrogens with zero attached hydrogens (tertiary/aromatic N) is 2. The molecule has 0 radical (unpaired) electrons. The molecule has 1 aromatic rings. The summed E-state index contributed by atoms with van der Waals surface area (Å²) in [5.74, 6) is 0. The first-order valence-corrected chi connectivity index (χ1v) is 7.49. The molecule has 96 valence electrons. The third-order valence-corrected chi connectivity index (χ3v) is 5.49. The van der Waals surface area contributed by atoms with Gasteiger partial charge in [-0.3, -0.25) is 5.10 Å². The minimum atomic E-state index is -3.38. The Morgan fingerprint density at radius 3 is 2.82 bits per heavy atom. The average molecular weight is 257 g/mol. The number of rotatable bonds is 2. The van der Waals surface area contributed by atoms with Crippen molar-refractivity contribution in [3.63, 3.8) is 0 Å². The average Bonchev–Trinajstić information content (AvgIpc) is 2.57. The van der Waals surface area contributed by atoms with Gasteiger partial charge in [0.2, 0.25) is 10.0 Å². The Balaban J connectivity index is 2.34. The van der Waals surface area contributed by atoms with Gasteiger partial charge in [-0.1, -0.05) is 12.8 Å². The van der Waals surface area contributed by atoms with E-state index in [1.165, 1.54) is 6.20 Å². The number of hydrogen-bond acceptors (Lipinski definition) is 3. The number of nitrogens with one attached hydrogen (secondary N) is 1. The van der Waals surface area contributed by atoms with Crippen molar-refractivity contribution in [1.82, 2.24) is 14.5 Å². The van der Waals surface area contributed by atoms with Crippen LogP contribution in [0.5, 0.6) is 0 Å². The van der Waals surface area contributed by atoms with E-state index in [0.717, 1.165) is 25.7 Å². The number of sulfonamides is 1. The molecule has 0 amide bonds. The fourth-order valence-electron chi connectivity index (χ4n) is 2.33. The van der Waals surface area contributed by atoms with Gasteiger partial charge in [-0.25, -0.2) is 8.42 Å². The molecule has 1 N–H and O–H groups in total. The van der Waals surface area contributed by atoms with Gasteiger partial charge in [0.15, 0.2) is 0 Å². The molecule has 0 aliphatic carbocycles. The maximum absolute atomic E-state index is 12.5. The van der Waals surface area contributed by atoms with Gasteiger partial charge in [-0.2, -0.15) is 9.40 Å². The highest BCUT2D eigenvalue weighted by molar-refractivity contribution is 7.89. The van der Waals surface area contributed by atoms with Gasteiger partial charge < -0.3 is 0 Å². The Morgan fingerprint density at radius 2 is 2.18 bits per heavy atom. The second-order valence-corrected chi connectivity index (χ2v) is 6.53. The summed E-state index contributed by atoms with van der Waals surface area (Å²) in [4.78, 5) is 0.311.